The van der Waals surface area contributed by atoms with E-state index >= 15 is 0 Å². The van der Waals surface area contributed by atoms with Crippen molar-refractivity contribution in [2.75, 3.05) is 0 Å². The molecule has 0 radical (unpaired) electrons. The molecule has 0 amide bonds. The average molecular weight is 299 g/mol. The lowest BCUT2D eigenvalue weighted by molar-refractivity contribution is 0.400. The van der Waals surface area contributed by atoms with Gasteiger partial charge in [0.25, 0.3) is 0 Å². The molecule has 0 aromatic carbocycles. The number of rotatable bonds is 6. The lowest BCUT2D eigenvalue weighted by Crippen LogP contribution is -2.44. The highest BCUT2D eigenvalue weighted by molar-refractivity contribution is 7.89. The van der Waals surface area contributed by atoms with Crippen LogP contribution < -0.4 is 10.5 Å². The second-order valence-electron chi connectivity index (χ2n) is 6.47. The SMILES string of the molecule is CC(C)n1cc(S(=O)(=O)NC(C)(C)C2CC2)cc1CN. The molecule has 0 bridgehead atoms. The third kappa shape index (κ3) is 3.07. The zero-order chi connectivity index (χ0) is 15.1. The summed E-state index contributed by atoms with van der Waals surface area (Å²) in [6, 6.07) is 1.86. The Kier molecular flexibility index (Phi) is 4.01. The molecule has 1 heterocycles. The third-order valence-electron chi connectivity index (χ3n) is 3.98. The Balaban J connectivity index is 2.29. The Morgan fingerprint density at radius 2 is 2.05 bits per heavy atom. The first-order valence-corrected chi connectivity index (χ1v) is 8.60. The molecule has 1 aliphatic carbocycles. The fourth-order valence-electron chi connectivity index (χ4n) is 2.58. The number of nitrogens with zero attached hydrogens (tertiary/aromatic N) is 1. The highest BCUT2D eigenvalue weighted by Crippen LogP contribution is 2.40. The van der Waals surface area contributed by atoms with Gasteiger partial charge in [-0.25, -0.2) is 13.1 Å². The zero-order valence-electron chi connectivity index (χ0n) is 12.7. The van der Waals surface area contributed by atoms with Crippen LogP contribution in [0, 0.1) is 5.92 Å². The van der Waals surface area contributed by atoms with E-state index in [4.69, 9.17) is 5.73 Å². The fraction of sp³-hybridized carbons (Fsp3) is 0.714. The van der Waals surface area contributed by atoms with Crippen molar-refractivity contribution in [3.05, 3.63) is 18.0 Å². The molecule has 0 unspecified atom stereocenters. The maximum atomic E-state index is 12.5. The van der Waals surface area contributed by atoms with E-state index in [0.29, 0.717) is 17.4 Å². The molecule has 0 saturated heterocycles. The Hall–Kier alpha value is -0.850. The Morgan fingerprint density at radius 1 is 1.45 bits per heavy atom. The van der Waals surface area contributed by atoms with Crippen LogP contribution in [-0.2, 0) is 16.6 Å². The van der Waals surface area contributed by atoms with Crippen LogP contribution >= 0.6 is 0 Å². The predicted octanol–water partition coefficient (Wildman–Crippen LogP) is 1.99. The van der Waals surface area contributed by atoms with Crippen molar-refractivity contribution >= 4 is 10.0 Å². The number of hydrogen-bond acceptors (Lipinski definition) is 3. The minimum Gasteiger partial charge on any atom is -0.346 e. The van der Waals surface area contributed by atoms with Crippen LogP contribution in [0.1, 0.15) is 52.3 Å². The standard InChI is InChI=1S/C14H25N3O2S/c1-10(2)17-9-13(7-12(17)8-15)20(18,19)16-14(3,4)11-5-6-11/h7,9-11,16H,5-6,8,15H2,1-4H3. The summed E-state index contributed by atoms with van der Waals surface area (Å²) in [5.41, 5.74) is 6.14. The van der Waals surface area contributed by atoms with E-state index in [1.165, 1.54) is 0 Å². The lowest BCUT2D eigenvalue weighted by Gasteiger charge is -2.25. The van der Waals surface area contributed by atoms with E-state index < -0.39 is 10.0 Å². The summed E-state index contributed by atoms with van der Waals surface area (Å²) in [6.07, 6.45) is 3.87. The average Bonchev–Trinajstić information content (AvgIpc) is 3.07. The summed E-state index contributed by atoms with van der Waals surface area (Å²) >= 11 is 0. The van der Waals surface area contributed by atoms with Gasteiger partial charge < -0.3 is 10.3 Å². The number of hydrogen-bond donors (Lipinski definition) is 2. The monoisotopic (exact) mass is 299 g/mol. The van der Waals surface area contributed by atoms with Gasteiger partial charge in [-0.3, -0.25) is 0 Å². The maximum absolute atomic E-state index is 12.5. The van der Waals surface area contributed by atoms with Crippen molar-refractivity contribution in [2.24, 2.45) is 11.7 Å². The molecule has 20 heavy (non-hydrogen) atoms. The van der Waals surface area contributed by atoms with Crippen molar-refractivity contribution in [1.29, 1.82) is 0 Å². The molecule has 2 rings (SSSR count). The molecule has 114 valence electrons. The van der Waals surface area contributed by atoms with Gasteiger partial charge in [0.05, 0.1) is 4.90 Å². The van der Waals surface area contributed by atoms with Gasteiger partial charge in [-0.15, -0.1) is 0 Å². The van der Waals surface area contributed by atoms with Crippen LogP contribution in [0.3, 0.4) is 0 Å². The normalized spacial score (nSPS) is 16.9. The van der Waals surface area contributed by atoms with Gasteiger partial charge in [0.15, 0.2) is 0 Å². The highest BCUT2D eigenvalue weighted by atomic mass is 32.2. The smallest absolute Gasteiger partial charge is 0.242 e. The number of aromatic nitrogens is 1. The third-order valence-corrected chi connectivity index (χ3v) is 5.62. The molecular weight excluding hydrogens is 274 g/mol. The van der Waals surface area contributed by atoms with Gasteiger partial charge in [-0.1, -0.05) is 0 Å². The van der Waals surface area contributed by atoms with Crippen molar-refractivity contribution in [3.8, 4) is 0 Å². The second kappa shape index (κ2) is 5.16. The molecule has 1 fully saturated rings. The van der Waals surface area contributed by atoms with E-state index in [-0.39, 0.29) is 11.6 Å². The van der Waals surface area contributed by atoms with Crippen LogP contribution in [0.5, 0.6) is 0 Å². The summed E-state index contributed by atoms with van der Waals surface area (Å²) in [4.78, 5) is 0.306. The van der Waals surface area contributed by atoms with E-state index in [2.05, 4.69) is 4.72 Å². The van der Waals surface area contributed by atoms with Crippen molar-refractivity contribution < 1.29 is 8.42 Å². The van der Waals surface area contributed by atoms with Gasteiger partial charge in [-0.05, 0) is 52.5 Å². The largest absolute Gasteiger partial charge is 0.346 e. The molecule has 1 saturated carbocycles. The first-order valence-electron chi connectivity index (χ1n) is 7.12. The highest BCUT2D eigenvalue weighted by Gasteiger charge is 2.40. The number of nitrogens with two attached hydrogens (primary N) is 1. The van der Waals surface area contributed by atoms with Crippen LogP contribution in [0.4, 0.5) is 0 Å². The molecule has 5 nitrogen and oxygen atoms in total. The fourth-order valence-corrected chi connectivity index (χ4v) is 4.10. The van der Waals surface area contributed by atoms with Crippen molar-refractivity contribution in [2.45, 2.75) is 63.6 Å². The maximum Gasteiger partial charge on any atom is 0.242 e. The molecule has 6 heteroatoms. The van der Waals surface area contributed by atoms with Gasteiger partial charge in [0.2, 0.25) is 10.0 Å². The second-order valence-corrected chi connectivity index (χ2v) is 8.16. The van der Waals surface area contributed by atoms with E-state index in [9.17, 15) is 8.42 Å². The van der Waals surface area contributed by atoms with Crippen molar-refractivity contribution in [1.82, 2.24) is 9.29 Å². The topological polar surface area (TPSA) is 77.1 Å². The van der Waals surface area contributed by atoms with Gasteiger partial charge >= 0.3 is 0 Å². The molecule has 1 aromatic rings. The number of sulfonamides is 1. The summed E-state index contributed by atoms with van der Waals surface area (Å²) < 4.78 is 29.8. The van der Waals surface area contributed by atoms with Crippen molar-refractivity contribution in [3.63, 3.8) is 0 Å². The van der Waals surface area contributed by atoms with E-state index in [0.717, 1.165) is 18.5 Å². The number of nitrogens with one attached hydrogen (secondary N) is 1. The van der Waals surface area contributed by atoms with Gasteiger partial charge in [0.1, 0.15) is 0 Å². The van der Waals surface area contributed by atoms with Crippen LogP contribution in [0.25, 0.3) is 0 Å². The summed E-state index contributed by atoms with van der Waals surface area (Å²) in [5.74, 6) is 0.443. The quantitative estimate of drug-likeness (QED) is 0.843. The summed E-state index contributed by atoms with van der Waals surface area (Å²) in [6.45, 7) is 8.25. The molecule has 0 atom stereocenters. The first-order chi connectivity index (χ1) is 9.17. The molecule has 1 aliphatic rings. The van der Waals surface area contributed by atoms with E-state index in [1.54, 1.807) is 12.3 Å². The van der Waals surface area contributed by atoms with Gasteiger partial charge in [-0.2, -0.15) is 0 Å². The molecule has 0 aliphatic heterocycles. The van der Waals surface area contributed by atoms with Crippen LogP contribution in [0.2, 0.25) is 0 Å². The summed E-state index contributed by atoms with van der Waals surface area (Å²) in [5, 5.41) is 0. The first kappa shape index (κ1) is 15.5. The Morgan fingerprint density at radius 3 is 2.45 bits per heavy atom. The lowest BCUT2D eigenvalue weighted by atomic mass is 10.0. The molecule has 0 spiro atoms. The zero-order valence-corrected chi connectivity index (χ0v) is 13.5. The van der Waals surface area contributed by atoms with E-state index in [1.807, 2.05) is 32.3 Å². The minimum atomic E-state index is -3.49. The Labute approximate surface area is 121 Å². The van der Waals surface area contributed by atoms with Crippen LogP contribution in [0.15, 0.2) is 17.2 Å². The summed E-state index contributed by atoms with van der Waals surface area (Å²) in [7, 11) is -3.49. The molecule has 3 N–H and O–H groups in total. The Bertz CT molecular complexity index is 584. The van der Waals surface area contributed by atoms with Crippen LogP contribution in [-0.4, -0.2) is 18.5 Å². The molecule has 1 aromatic heterocycles. The molecular formula is C14H25N3O2S. The minimum absolute atomic E-state index is 0.189. The van der Waals surface area contributed by atoms with Gasteiger partial charge in [0, 0.05) is 30.0 Å². The predicted molar refractivity (Wildman–Crippen MR) is 79.8 cm³/mol.